The monoisotopic (exact) mass is 374 g/mol. The Morgan fingerprint density at radius 3 is 2.54 bits per heavy atom. The van der Waals surface area contributed by atoms with Crippen molar-refractivity contribution in [1.29, 1.82) is 0 Å². The van der Waals surface area contributed by atoms with E-state index >= 15 is 0 Å². The molecule has 4 nitrogen and oxygen atoms in total. The SMILES string of the molecule is Cc1c(C)n(C)c2cccc(OCC(O)CNCc3ccccc3)c12.Cl. The molecule has 0 spiro atoms. The highest BCUT2D eigenvalue weighted by molar-refractivity contribution is 5.91. The Kier molecular flexibility index (Phi) is 7.09. The summed E-state index contributed by atoms with van der Waals surface area (Å²) < 4.78 is 8.11. The Balaban J connectivity index is 0.00000243. The third kappa shape index (κ3) is 4.39. The summed E-state index contributed by atoms with van der Waals surface area (Å²) in [5.74, 6) is 0.834. The van der Waals surface area contributed by atoms with Crippen molar-refractivity contribution < 1.29 is 9.84 Å². The average Bonchev–Trinajstić information content (AvgIpc) is 2.86. The van der Waals surface area contributed by atoms with E-state index in [4.69, 9.17) is 4.74 Å². The van der Waals surface area contributed by atoms with Gasteiger partial charge in [-0.25, -0.2) is 0 Å². The number of nitrogens with zero attached hydrogens (tertiary/aromatic N) is 1. The number of ether oxygens (including phenoxy) is 1. The number of aromatic nitrogens is 1. The lowest BCUT2D eigenvalue weighted by atomic mass is 10.1. The van der Waals surface area contributed by atoms with Gasteiger partial charge >= 0.3 is 0 Å². The molecule has 1 unspecified atom stereocenters. The van der Waals surface area contributed by atoms with Gasteiger partial charge in [0.05, 0.1) is 5.52 Å². The fourth-order valence-electron chi connectivity index (χ4n) is 3.13. The minimum Gasteiger partial charge on any atom is -0.490 e. The number of nitrogens with one attached hydrogen (secondary N) is 1. The summed E-state index contributed by atoms with van der Waals surface area (Å²) in [6, 6.07) is 16.2. The largest absolute Gasteiger partial charge is 0.490 e. The first-order chi connectivity index (χ1) is 12.1. The van der Waals surface area contributed by atoms with Gasteiger partial charge < -0.3 is 19.7 Å². The molecule has 3 aromatic rings. The van der Waals surface area contributed by atoms with E-state index in [1.807, 2.05) is 30.3 Å². The van der Waals surface area contributed by atoms with Gasteiger partial charge in [0.2, 0.25) is 0 Å². The highest BCUT2D eigenvalue weighted by Gasteiger charge is 2.14. The van der Waals surface area contributed by atoms with Gasteiger partial charge in [0.25, 0.3) is 0 Å². The third-order valence-electron chi connectivity index (χ3n) is 4.77. The highest BCUT2D eigenvalue weighted by atomic mass is 35.5. The Morgan fingerprint density at radius 2 is 1.81 bits per heavy atom. The first-order valence-corrected chi connectivity index (χ1v) is 8.68. The molecule has 5 heteroatoms. The van der Waals surface area contributed by atoms with Crippen LogP contribution in [0.15, 0.2) is 48.5 Å². The first kappa shape index (κ1) is 20.3. The van der Waals surface area contributed by atoms with Crippen LogP contribution < -0.4 is 10.1 Å². The van der Waals surface area contributed by atoms with E-state index in [0.717, 1.165) is 23.2 Å². The van der Waals surface area contributed by atoms with Gasteiger partial charge in [-0.15, -0.1) is 12.4 Å². The van der Waals surface area contributed by atoms with Crippen LogP contribution in [0, 0.1) is 13.8 Å². The van der Waals surface area contributed by atoms with Crippen molar-refractivity contribution in [1.82, 2.24) is 9.88 Å². The van der Waals surface area contributed by atoms with E-state index in [9.17, 15) is 5.11 Å². The molecular formula is C21H27ClN2O2. The molecule has 0 fully saturated rings. The molecule has 1 heterocycles. The molecule has 0 aliphatic carbocycles. The second-order valence-corrected chi connectivity index (χ2v) is 6.50. The van der Waals surface area contributed by atoms with Crippen LogP contribution in [0.3, 0.4) is 0 Å². The number of halogens is 1. The lowest BCUT2D eigenvalue weighted by Gasteiger charge is -2.14. The van der Waals surface area contributed by atoms with Crippen molar-refractivity contribution in [3.63, 3.8) is 0 Å². The fraction of sp³-hybridized carbons (Fsp3) is 0.333. The van der Waals surface area contributed by atoms with Crippen LogP contribution in [0.2, 0.25) is 0 Å². The number of aryl methyl sites for hydroxylation is 2. The van der Waals surface area contributed by atoms with Crippen LogP contribution in [0.4, 0.5) is 0 Å². The quantitative estimate of drug-likeness (QED) is 0.662. The minimum atomic E-state index is -0.552. The predicted octanol–water partition coefficient (Wildman–Crippen LogP) is 3.75. The molecule has 0 saturated carbocycles. The molecule has 0 saturated heterocycles. The van der Waals surface area contributed by atoms with Crippen molar-refractivity contribution in [3.8, 4) is 5.75 Å². The maximum absolute atomic E-state index is 10.2. The fourth-order valence-corrected chi connectivity index (χ4v) is 3.13. The minimum absolute atomic E-state index is 0. The molecule has 2 N–H and O–H groups in total. The van der Waals surface area contributed by atoms with Crippen LogP contribution in [-0.2, 0) is 13.6 Å². The third-order valence-corrected chi connectivity index (χ3v) is 4.77. The van der Waals surface area contributed by atoms with Gasteiger partial charge in [0, 0.05) is 31.2 Å². The molecule has 0 aliphatic heterocycles. The van der Waals surface area contributed by atoms with Gasteiger partial charge in [-0.1, -0.05) is 36.4 Å². The lowest BCUT2D eigenvalue weighted by molar-refractivity contribution is 0.107. The summed E-state index contributed by atoms with van der Waals surface area (Å²) in [6.45, 7) is 5.74. The molecular weight excluding hydrogens is 348 g/mol. The van der Waals surface area contributed by atoms with Crippen molar-refractivity contribution in [3.05, 3.63) is 65.4 Å². The smallest absolute Gasteiger partial charge is 0.129 e. The molecule has 140 valence electrons. The van der Waals surface area contributed by atoms with E-state index < -0.39 is 6.10 Å². The van der Waals surface area contributed by atoms with Crippen LogP contribution >= 0.6 is 12.4 Å². The van der Waals surface area contributed by atoms with Gasteiger partial charge in [0.1, 0.15) is 18.5 Å². The van der Waals surface area contributed by atoms with Crippen LogP contribution in [0.25, 0.3) is 10.9 Å². The zero-order valence-electron chi connectivity index (χ0n) is 15.5. The summed E-state index contributed by atoms with van der Waals surface area (Å²) in [7, 11) is 2.07. The van der Waals surface area contributed by atoms with Crippen molar-refractivity contribution >= 4 is 23.3 Å². The van der Waals surface area contributed by atoms with E-state index in [-0.39, 0.29) is 19.0 Å². The molecule has 1 aromatic heterocycles. The number of hydrogen-bond acceptors (Lipinski definition) is 3. The Labute approximate surface area is 161 Å². The zero-order chi connectivity index (χ0) is 17.8. The Bertz CT molecular complexity index is 846. The molecule has 1 atom stereocenters. The van der Waals surface area contributed by atoms with Crippen molar-refractivity contribution in [2.24, 2.45) is 7.05 Å². The van der Waals surface area contributed by atoms with Gasteiger partial charge in [-0.2, -0.15) is 0 Å². The summed E-state index contributed by atoms with van der Waals surface area (Å²) in [5.41, 5.74) is 4.82. The van der Waals surface area contributed by atoms with Crippen molar-refractivity contribution in [2.45, 2.75) is 26.5 Å². The molecule has 26 heavy (non-hydrogen) atoms. The molecule has 2 aromatic carbocycles. The number of hydrogen-bond donors (Lipinski definition) is 2. The lowest BCUT2D eigenvalue weighted by Crippen LogP contribution is -2.31. The number of rotatable bonds is 7. The topological polar surface area (TPSA) is 46.4 Å². The van der Waals surface area contributed by atoms with E-state index in [2.05, 4.69) is 49.0 Å². The van der Waals surface area contributed by atoms with Gasteiger partial charge in [-0.05, 0) is 37.1 Å². The Hall–Kier alpha value is -2.01. The highest BCUT2D eigenvalue weighted by Crippen LogP contribution is 2.32. The molecule has 3 rings (SSSR count). The van der Waals surface area contributed by atoms with Crippen molar-refractivity contribution in [2.75, 3.05) is 13.2 Å². The second-order valence-electron chi connectivity index (χ2n) is 6.50. The number of benzene rings is 2. The van der Waals surface area contributed by atoms with E-state index in [1.54, 1.807) is 0 Å². The molecule has 0 amide bonds. The second kappa shape index (κ2) is 9.08. The van der Waals surface area contributed by atoms with Crippen LogP contribution in [0.5, 0.6) is 5.75 Å². The number of aliphatic hydroxyl groups is 1. The first-order valence-electron chi connectivity index (χ1n) is 8.68. The maximum atomic E-state index is 10.2. The van der Waals surface area contributed by atoms with E-state index in [1.165, 1.54) is 16.8 Å². The predicted molar refractivity (Wildman–Crippen MR) is 109 cm³/mol. The average molecular weight is 375 g/mol. The van der Waals surface area contributed by atoms with Gasteiger partial charge in [0.15, 0.2) is 0 Å². The summed E-state index contributed by atoms with van der Waals surface area (Å²) >= 11 is 0. The summed E-state index contributed by atoms with van der Waals surface area (Å²) in [5, 5.41) is 14.6. The number of aliphatic hydroxyl groups excluding tert-OH is 1. The molecule has 0 aliphatic rings. The summed E-state index contributed by atoms with van der Waals surface area (Å²) in [4.78, 5) is 0. The van der Waals surface area contributed by atoms with E-state index in [0.29, 0.717) is 6.54 Å². The normalized spacial score (nSPS) is 12.0. The van der Waals surface area contributed by atoms with Gasteiger partial charge in [-0.3, -0.25) is 0 Å². The Morgan fingerprint density at radius 1 is 1.08 bits per heavy atom. The zero-order valence-corrected chi connectivity index (χ0v) is 16.3. The molecule has 0 bridgehead atoms. The standard InChI is InChI=1S/C21H26N2O2.ClH/c1-15-16(2)23(3)19-10-7-11-20(21(15)19)25-14-18(24)13-22-12-17-8-5-4-6-9-17;/h4-11,18,22,24H,12-14H2,1-3H3;1H. The number of fused-ring (bicyclic) bond motifs is 1. The summed E-state index contributed by atoms with van der Waals surface area (Å²) in [6.07, 6.45) is -0.552. The van der Waals surface area contributed by atoms with Crippen LogP contribution in [-0.4, -0.2) is 28.9 Å². The molecule has 0 radical (unpaired) electrons. The van der Waals surface area contributed by atoms with Crippen LogP contribution in [0.1, 0.15) is 16.8 Å². The maximum Gasteiger partial charge on any atom is 0.129 e.